The molecule has 2 aromatic carbocycles. The number of hydrogen-bond acceptors (Lipinski definition) is 2. The number of carbonyl (C=O) groups is 1. The van der Waals surface area contributed by atoms with Crippen LogP contribution in [0.2, 0.25) is 0 Å². The molecule has 0 aliphatic carbocycles. The number of benzene rings is 2. The van der Waals surface area contributed by atoms with Gasteiger partial charge in [-0.15, -0.1) is 0 Å². The van der Waals surface area contributed by atoms with Crippen LogP contribution in [-0.4, -0.2) is 5.78 Å². The zero-order chi connectivity index (χ0) is 16.5. The highest BCUT2D eigenvalue weighted by atomic mass is 16.1. The molecule has 0 spiro atoms. The molecule has 0 aliphatic rings. The number of allylic oxidation sites excluding steroid dienone is 1. The van der Waals surface area contributed by atoms with E-state index in [2.05, 4.69) is 25.1 Å². The highest BCUT2D eigenvalue weighted by molar-refractivity contribution is 5.83. The Morgan fingerprint density at radius 1 is 1.04 bits per heavy atom. The molecular weight excluding hydrogens is 282 g/mol. The van der Waals surface area contributed by atoms with Crippen molar-refractivity contribution in [2.24, 2.45) is 0 Å². The van der Waals surface area contributed by atoms with Crippen LogP contribution >= 0.6 is 0 Å². The number of ketones is 1. The van der Waals surface area contributed by atoms with Crippen LogP contribution < -0.4 is 0 Å². The van der Waals surface area contributed by atoms with Crippen LogP contribution in [0.5, 0.6) is 0 Å². The lowest BCUT2D eigenvalue weighted by atomic mass is 10.0. The van der Waals surface area contributed by atoms with E-state index in [9.17, 15) is 10.1 Å². The first-order chi connectivity index (χ1) is 11.2. The monoisotopic (exact) mass is 303 g/mol. The van der Waals surface area contributed by atoms with Gasteiger partial charge >= 0.3 is 0 Å². The number of carbonyl (C=O) groups excluding carboxylic acids is 1. The van der Waals surface area contributed by atoms with E-state index < -0.39 is 0 Å². The van der Waals surface area contributed by atoms with Gasteiger partial charge in [0.25, 0.3) is 0 Å². The van der Waals surface area contributed by atoms with E-state index in [-0.39, 0.29) is 12.2 Å². The van der Waals surface area contributed by atoms with Gasteiger partial charge in [-0.1, -0.05) is 67.9 Å². The predicted molar refractivity (Wildman–Crippen MR) is 94.6 cm³/mol. The lowest BCUT2D eigenvalue weighted by molar-refractivity contribution is -0.118. The van der Waals surface area contributed by atoms with Gasteiger partial charge in [0, 0.05) is 18.4 Å². The summed E-state index contributed by atoms with van der Waals surface area (Å²) >= 11 is 0. The lowest BCUT2D eigenvalue weighted by Crippen LogP contribution is -1.98. The number of rotatable bonds is 7. The van der Waals surface area contributed by atoms with Gasteiger partial charge in [-0.25, -0.2) is 0 Å². The Balaban J connectivity index is 2.09. The Morgan fingerprint density at radius 3 is 2.30 bits per heavy atom. The molecule has 0 amide bonds. The quantitative estimate of drug-likeness (QED) is 0.642. The molecule has 0 aromatic heterocycles. The van der Waals surface area contributed by atoms with Crippen molar-refractivity contribution in [1.82, 2.24) is 0 Å². The number of unbranched alkanes of at least 4 members (excludes halogenated alkanes) is 1. The second-order valence-corrected chi connectivity index (χ2v) is 5.59. The van der Waals surface area contributed by atoms with E-state index in [0.29, 0.717) is 12.0 Å². The number of hydrogen-bond donors (Lipinski definition) is 0. The van der Waals surface area contributed by atoms with Crippen molar-refractivity contribution >= 4 is 11.9 Å². The summed E-state index contributed by atoms with van der Waals surface area (Å²) in [5.41, 5.74) is 3.78. The number of nitrogens with zero attached hydrogens (tertiary/aromatic N) is 1. The van der Waals surface area contributed by atoms with Crippen LogP contribution in [0.25, 0.3) is 17.2 Å². The van der Waals surface area contributed by atoms with Crippen LogP contribution in [0.3, 0.4) is 0 Å². The van der Waals surface area contributed by atoms with Crippen molar-refractivity contribution in [2.75, 3.05) is 0 Å². The van der Waals surface area contributed by atoms with Gasteiger partial charge in [0.2, 0.25) is 0 Å². The van der Waals surface area contributed by atoms with E-state index in [0.717, 1.165) is 24.0 Å². The highest BCUT2D eigenvalue weighted by Crippen LogP contribution is 2.20. The predicted octanol–water partition coefficient (Wildman–Crippen LogP) is 5.41. The highest BCUT2D eigenvalue weighted by Gasteiger charge is 2.06. The topological polar surface area (TPSA) is 40.9 Å². The molecule has 2 rings (SSSR count). The normalized spacial score (nSPS) is 11.0. The largest absolute Gasteiger partial charge is 0.299 e. The number of nitriles is 1. The molecule has 0 fully saturated rings. The molecule has 116 valence electrons. The fourth-order valence-electron chi connectivity index (χ4n) is 2.40. The summed E-state index contributed by atoms with van der Waals surface area (Å²) in [6.45, 7) is 2.06. The molecule has 0 radical (unpaired) electrons. The van der Waals surface area contributed by atoms with Crippen molar-refractivity contribution in [3.05, 3.63) is 65.7 Å². The summed E-state index contributed by atoms with van der Waals surface area (Å²) in [4.78, 5) is 11.8. The zero-order valence-electron chi connectivity index (χ0n) is 13.5. The molecule has 0 unspecified atom stereocenters. The zero-order valence-corrected chi connectivity index (χ0v) is 13.5. The Labute approximate surface area is 138 Å². The molecule has 2 nitrogen and oxygen atoms in total. The summed E-state index contributed by atoms with van der Waals surface area (Å²) in [6, 6.07) is 20.3. The maximum absolute atomic E-state index is 11.8. The number of Topliss-reactive ketones (excluding diaryl/α,β-unsaturated/α-hetero) is 1. The van der Waals surface area contributed by atoms with E-state index in [1.807, 2.05) is 42.5 Å². The van der Waals surface area contributed by atoms with Crippen LogP contribution in [0.1, 0.15) is 38.2 Å². The third kappa shape index (κ3) is 5.23. The minimum absolute atomic E-state index is 0.139. The fraction of sp³-hybridized carbons (Fsp3) is 0.238. The molecule has 0 atom stereocenters. The molecule has 0 aliphatic heterocycles. The Kier molecular flexibility index (Phi) is 6.32. The Bertz CT molecular complexity index is 706. The fourth-order valence-corrected chi connectivity index (χ4v) is 2.40. The van der Waals surface area contributed by atoms with E-state index in [1.165, 1.54) is 5.56 Å². The van der Waals surface area contributed by atoms with Crippen LogP contribution in [-0.2, 0) is 4.79 Å². The van der Waals surface area contributed by atoms with Crippen LogP contribution in [0.15, 0.2) is 60.2 Å². The van der Waals surface area contributed by atoms with Gasteiger partial charge < -0.3 is 0 Å². The van der Waals surface area contributed by atoms with Gasteiger partial charge in [0.05, 0.1) is 6.07 Å². The molecular formula is C21H21NO. The third-order valence-corrected chi connectivity index (χ3v) is 3.70. The Morgan fingerprint density at radius 2 is 1.70 bits per heavy atom. The SMILES string of the molecule is CCCCC(=O)CC(C#N)=Cc1ccc(-c2ccccc2)cc1. The standard InChI is InChI=1S/C21H21NO/c1-2-3-9-21(23)15-18(16-22)14-17-10-12-20(13-11-17)19-7-5-4-6-8-19/h4-8,10-14H,2-3,9,15H2,1H3. The first-order valence-corrected chi connectivity index (χ1v) is 8.00. The molecule has 0 saturated carbocycles. The minimum Gasteiger partial charge on any atom is -0.299 e. The second-order valence-electron chi connectivity index (χ2n) is 5.59. The van der Waals surface area contributed by atoms with Crippen molar-refractivity contribution in [3.63, 3.8) is 0 Å². The van der Waals surface area contributed by atoms with Crippen LogP contribution in [0, 0.1) is 11.3 Å². The van der Waals surface area contributed by atoms with Gasteiger partial charge in [0.15, 0.2) is 0 Å². The summed E-state index contributed by atoms with van der Waals surface area (Å²) in [6.07, 6.45) is 4.49. The van der Waals surface area contributed by atoms with Gasteiger partial charge in [0.1, 0.15) is 5.78 Å². The first-order valence-electron chi connectivity index (χ1n) is 8.00. The maximum Gasteiger partial charge on any atom is 0.138 e. The summed E-state index contributed by atoms with van der Waals surface area (Å²) in [5, 5.41) is 9.22. The summed E-state index contributed by atoms with van der Waals surface area (Å²) < 4.78 is 0. The van der Waals surface area contributed by atoms with Gasteiger partial charge in [-0.05, 0) is 29.2 Å². The van der Waals surface area contributed by atoms with Gasteiger partial charge in [-0.3, -0.25) is 4.79 Å². The maximum atomic E-state index is 11.8. The molecule has 23 heavy (non-hydrogen) atoms. The third-order valence-electron chi connectivity index (χ3n) is 3.70. The van der Waals surface area contributed by atoms with Crippen molar-refractivity contribution < 1.29 is 4.79 Å². The summed E-state index contributed by atoms with van der Waals surface area (Å²) in [5.74, 6) is 0.139. The smallest absolute Gasteiger partial charge is 0.138 e. The summed E-state index contributed by atoms with van der Waals surface area (Å²) in [7, 11) is 0. The molecule has 0 saturated heterocycles. The average Bonchev–Trinajstić information content (AvgIpc) is 2.60. The first kappa shape index (κ1) is 16.7. The van der Waals surface area contributed by atoms with E-state index in [4.69, 9.17) is 0 Å². The van der Waals surface area contributed by atoms with Gasteiger partial charge in [-0.2, -0.15) is 5.26 Å². The van der Waals surface area contributed by atoms with Crippen LogP contribution in [0.4, 0.5) is 0 Å². The van der Waals surface area contributed by atoms with E-state index >= 15 is 0 Å². The molecule has 0 heterocycles. The molecule has 2 aromatic rings. The second kappa shape index (κ2) is 8.70. The van der Waals surface area contributed by atoms with Crippen molar-refractivity contribution in [2.45, 2.75) is 32.6 Å². The van der Waals surface area contributed by atoms with E-state index in [1.54, 1.807) is 6.08 Å². The average molecular weight is 303 g/mol. The molecule has 2 heteroatoms. The molecule has 0 bridgehead atoms. The Hall–Kier alpha value is -2.66. The molecule has 0 N–H and O–H groups in total. The lowest BCUT2D eigenvalue weighted by Gasteiger charge is -2.03. The minimum atomic E-state index is 0.139. The van der Waals surface area contributed by atoms with Crippen molar-refractivity contribution in [1.29, 1.82) is 5.26 Å². The van der Waals surface area contributed by atoms with Crippen molar-refractivity contribution in [3.8, 4) is 17.2 Å².